The number of benzene rings is 1. The first-order chi connectivity index (χ1) is 12.1. The van der Waals surface area contributed by atoms with Gasteiger partial charge in [0.15, 0.2) is 0 Å². The van der Waals surface area contributed by atoms with Crippen molar-refractivity contribution in [2.45, 2.75) is 51.4 Å². The summed E-state index contributed by atoms with van der Waals surface area (Å²) in [4.78, 5) is 37.0. The van der Waals surface area contributed by atoms with E-state index in [1.54, 1.807) is 24.3 Å². The van der Waals surface area contributed by atoms with Gasteiger partial charge in [0.05, 0.1) is 0 Å². The van der Waals surface area contributed by atoms with Gasteiger partial charge in [-0.2, -0.15) is 0 Å². The van der Waals surface area contributed by atoms with Gasteiger partial charge < -0.3 is 11.1 Å². The van der Waals surface area contributed by atoms with Crippen molar-refractivity contribution < 1.29 is 14.4 Å². The molecule has 0 saturated heterocycles. The van der Waals surface area contributed by atoms with Gasteiger partial charge >= 0.3 is 0 Å². The normalized spacial score (nSPS) is 18.2. The van der Waals surface area contributed by atoms with E-state index in [9.17, 15) is 14.4 Å². The monoisotopic (exact) mass is 340 g/mol. The van der Waals surface area contributed by atoms with Crippen LogP contribution in [-0.4, -0.2) is 17.5 Å². The van der Waals surface area contributed by atoms with Crippen LogP contribution >= 0.6 is 0 Å². The van der Waals surface area contributed by atoms with E-state index in [2.05, 4.69) is 5.32 Å². The summed E-state index contributed by atoms with van der Waals surface area (Å²) in [6.45, 7) is 0. The summed E-state index contributed by atoms with van der Waals surface area (Å²) in [6, 6.07) is 6.53. The Hall–Kier alpha value is -2.43. The van der Waals surface area contributed by atoms with E-state index in [0.717, 1.165) is 18.8 Å². The van der Waals surface area contributed by atoms with Crippen molar-refractivity contribution in [3.8, 4) is 0 Å². The number of hydrogen-bond acceptors (Lipinski definition) is 4. The lowest BCUT2D eigenvalue weighted by Crippen LogP contribution is -2.36. The van der Waals surface area contributed by atoms with Crippen LogP contribution in [0.25, 0.3) is 0 Å². The lowest BCUT2D eigenvalue weighted by atomic mass is 9.86. The van der Waals surface area contributed by atoms with Crippen LogP contribution in [0.3, 0.4) is 0 Å². The molecule has 0 atom stereocenters. The molecule has 1 aromatic rings. The molecule has 3 N–H and O–H groups in total. The Kier molecular flexibility index (Phi) is 5.31. The lowest BCUT2D eigenvalue weighted by Gasteiger charge is -2.21. The maximum atomic E-state index is 12.5. The smallest absolute Gasteiger partial charge is 0.224 e. The molecule has 5 heteroatoms. The van der Waals surface area contributed by atoms with Gasteiger partial charge in [-0.3, -0.25) is 14.4 Å². The average Bonchev–Trinajstić information content (AvgIpc) is 2.64. The fourth-order valence-corrected chi connectivity index (χ4v) is 3.75. The molecule has 0 bridgehead atoms. The Labute approximate surface area is 147 Å². The zero-order chi connectivity index (χ0) is 17.8. The molecule has 3 rings (SSSR count). The fourth-order valence-electron chi connectivity index (χ4n) is 3.75. The molecule has 1 fully saturated rings. The standard InChI is InChI=1S/C20H24N2O3/c21-17-18(20(25)15-11-5-4-10-14(15)19(17)24)22-16(23)12-6-9-13-7-2-1-3-8-13/h4-5,10-11,13H,1-3,6-9,12,21H2,(H,22,23). The molecule has 0 radical (unpaired) electrons. The van der Waals surface area contributed by atoms with E-state index in [1.165, 1.54) is 32.1 Å². The first-order valence-electron chi connectivity index (χ1n) is 9.06. The van der Waals surface area contributed by atoms with E-state index in [1.807, 2.05) is 0 Å². The summed E-state index contributed by atoms with van der Waals surface area (Å²) in [5, 5.41) is 2.57. The molecule has 0 spiro atoms. The van der Waals surface area contributed by atoms with Crippen LogP contribution in [0.1, 0.15) is 72.1 Å². The molecule has 0 aliphatic heterocycles. The molecule has 1 saturated carbocycles. The van der Waals surface area contributed by atoms with Gasteiger partial charge in [0.25, 0.3) is 0 Å². The minimum atomic E-state index is -0.410. The minimum absolute atomic E-state index is 0.0774. The van der Waals surface area contributed by atoms with Crippen LogP contribution in [-0.2, 0) is 4.79 Å². The molecule has 132 valence electrons. The fraction of sp³-hybridized carbons (Fsp3) is 0.450. The molecule has 2 aliphatic carbocycles. The maximum absolute atomic E-state index is 12.5. The highest BCUT2D eigenvalue weighted by Gasteiger charge is 2.31. The topological polar surface area (TPSA) is 89.3 Å². The number of amides is 1. The zero-order valence-corrected chi connectivity index (χ0v) is 14.3. The van der Waals surface area contributed by atoms with Gasteiger partial charge in [-0.1, -0.05) is 56.4 Å². The van der Waals surface area contributed by atoms with E-state index in [-0.39, 0.29) is 17.3 Å². The number of nitrogens with two attached hydrogens (primary N) is 1. The summed E-state index contributed by atoms with van der Waals surface area (Å²) in [5.74, 6) is -0.342. The van der Waals surface area contributed by atoms with Crippen LogP contribution in [0.5, 0.6) is 0 Å². The van der Waals surface area contributed by atoms with Crippen molar-refractivity contribution in [1.82, 2.24) is 5.32 Å². The first-order valence-corrected chi connectivity index (χ1v) is 9.06. The van der Waals surface area contributed by atoms with Crippen LogP contribution < -0.4 is 11.1 Å². The number of carbonyl (C=O) groups is 3. The van der Waals surface area contributed by atoms with Gasteiger partial charge in [0.2, 0.25) is 17.5 Å². The predicted molar refractivity (Wildman–Crippen MR) is 94.9 cm³/mol. The van der Waals surface area contributed by atoms with Gasteiger partial charge in [0.1, 0.15) is 11.4 Å². The molecule has 1 amide bonds. The largest absolute Gasteiger partial charge is 0.394 e. The third-order valence-electron chi connectivity index (χ3n) is 5.16. The van der Waals surface area contributed by atoms with Gasteiger partial charge in [0, 0.05) is 17.5 Å². The molecule has 0 unspecified atom stereocenters. The molecule has 25 heavy (non-hydrogen) atoms. The SMILES string of the molecule is NC1=C(NC(=O)CCCC2CCCCC2)C(=O)c2ccccc2C1=O. The second kappa shape index (κ2) is 7.64. The second-order valence-electron chi connectivity index (χ2n) is 6.94. The number of Topliss-reactive ketones (excluding diaryl/α,β-unsaturated/α-hetero) is 2. The van der Waals surface area contributed by atoms with Crippen molar-refractivity contribution in [3.63, 3.8) is 0 Å². The lowest BCUT2D eigenvalue weighted by molar-refractivity contribution is -0.120. The Bertz CT molecular complexity index is 730. The first kappa shape index (κ1) is 17.4. The molecule has 2 aliphatic rings. The van der Waals surface area contributed by atoms with Crippen molar-refractivity contribution in [2.75, 3.05) is 0 Å². The minimum Gasteiger partial charge on any atom is -0.394 e. The van der Waals surface area contributed by atoms with Crippen LogP contribution in [0, 0.1) is 5.92 Å². The zero-order valence-electron chi connectivity index (χ0n) is 14.3. The van der Waals surface area contributed by atoms with E-state index in [0.29, 0.717) is 17.5 Å². The number of hydrogen-bond donors (Lipinski definition) is 2. The predicted octanol–water partition coefficient (Wildman–Crippen LogP) is 3.10. The molecule has 5 nitrogen and oxygen atoms in total. The number of nitrogens with one attached hydrogen (secondary N) is 1. The Balaban J connectivity index is 1.60. The van der Waals surface area contributed by atoms with E-state index < -0.39 is 11.6 Å². The number of rotatable bonds is 5. The molecular weight excluding hydrogens is 316 g/mol. The Morgan fingerprint density at radius 3 is 2.36 bits per heavy atom. The molecule has 1 aromatic carbocycles. The van der Waals surface area contributed by atoms with Crippen molar-refractivity contribution in [1.29, 1.82) is 0 Å². The Morgan fingerprint density at radius 1 is 1.04 bits per heavy atom. The summed E-state index contributed by atoms with van der Waals surface area (Å²) in [5.41, 5.74) is 6.15. The number of carbonyl (C=O) groups excluding carboxylic acids is 3. The quantitative estimate of drug-likeness (QED) is 0.862. The highest BCUT2D eigenvalue weighted by molar-refractivity contribution is 6.27. The van der Waals surface area contributed by atoms with Crippen molar-refractivity contribution in [3.05, 3.63) is 46.8 Å². The third-order valence-corrected chi connectivity index (χ3v) is 5.16. The molecular formula is C20H24N2O3. The Morgan fingerprint density at radius 2 is 1.68 bits per heavy atom. The van der Waals surface area contributed by atoms with Gasteiger partial charge in [-0.25, -0.2) is 0 Å². The number of ketones is 2. The van der Waals surface area contributed by atoms with Crippen molar-refractivity contribution in [2.24, 2.45) is 11.7 Å². The summed E-state index contributed by atoms with van der Waals surface area (Å²) < 4.78 is 0. The van der Waals surface area contributed by atoms with Crippen molar-refractivity contribution >= 4 is 17.5 Å². The van der Waals surface area contributed by atoms with Crippen LogP contribution in [0.4, 0.5) is 0 Å². The van der Waals surface area contributed by atoms with Gasteiger partial charge in [-0.05, 0) is 18.8 Å². The van der Waals surface area contributed by atoms with Crippen LogP contribution in [0.15, 0.2) is 35.7 Å². The summed E-state index contributed by atoms with van der Waals surface area (Å²) in [6.07, 6.45) is 8.58. The second-order valence-corrected chi connectivity index (χ2v) is 6.94. The average molecular weight is 340 g/mol. The molecule has 0 aromatic heterocycles. The van der Waals surface area contributed by atoms with E-state index in [4.69, 9.17) is 5.73 Å². The number of allylic oxidation sites excluding steroid dienone is 2. The van der Waals surface area contributed by atoms with Gasteiger partial charge in [-0.15, -0.1) is 0 Å². The maximum Gasteiger partial charge on any atom is 0.224 e. The number of fused-ring (bicyclic) bond motifs is 1. The molecule has 0 heterocycles. The highest BCUT2D eigenvalue weighted by Crippen LogP contribution is 2.28. The summed E-state index contributed by atoms with van der Waals surface area (Å²) in [7, 11) is 0. The van der Waals surface area contributed by atoms with E-state index >= 15 is 0 Å². The summed E-state index contributed by atoms with van der Waals surface area (Å²) >= 11 is 0. The third kappa shape index (κ3) is 3.81. The van der Waals surface area contributed by atoms with Crippen LogP contribution in [0.2, 0.25) is 0 Å². The highest BCUT2D eigenvalue weighted by atomic mass is 16.2.